The Morgan fingerprint density at radius 3 is 2.15 bits per heavy atom. The van der Waals surface area contributed by atoms with Crippen LogP contribution in [0.3, 0.4) is 0 Å². The van der Waals surface area contributed by atoms with Gasteiger partial charge in [-0.2, -0.15) is 4.31 Å². The average Bonchev–Trinajstić information content (AvgIpc) is 3.45. The highest BCUT2D eigenvalue weighted by Gasteiger charge is 2.37. The van der Waals surface area contributed by atoms with Crippen LogP contribution in [0.15, 0.2) is 48.5 Å². The average molecular weight is 376 g/mol. The molecule has 0 aliphatic heterocycles. The van der Waals surface area contributed by atoms with E-state index in [1.807, 2.05) is 24.3 Å². The standard InChI is InChI=1S/C18H20N2O5S/c1-25-18-10-4-14(5-11-18)12-19(16-8-9-16)26(23,24)13-15-2-6-17(7-3-15)20(21)22/h2-7,10-11,16H,8-9,12-13H2,1H3. The first-order valence-electron chi connectivity index (χ1n) is 8.25. The largest absolute Gasteiger partial charge is 0.497 e. The molecule has 1 fully saturated rings. The molecule has 7 nitrogen and oxygen atoms in total. The van der Waals surface area contributed by atoms with Crippen molar-refractivity contribution in [2.24, 2.45) is 0 Å². The molecule has 0 radical (unpaired) electrons. The Hall–Kier alpha value is -2.45. The third kappa shape index (κ3) is 4.39. The van der Waals surface area contributed by atoms with Gasteiger partial charge in [-0.25, -0.2) is 8.42 Å². The van der Waals surface area contributed by atoms with Crippen LogP contribution < -0.4 is 4.74 Å². The molecule has 2 aromatic carbocycles. The molecule has 1 aliphatic rings. The van der Waals surface area contributed by atoms with Crippen LogP contribution in [0, 0.1) is 10.1 Å². The Morgan fingerprint density at radius 1 is 1.08 bits per heavy atom. The molecule has 138 valence electrons. The number of methoxy groups -OCH3 is 1. The van der Waals surface area contributed by atoms with Crippen LogP contribution in [0.1, 0.15) is 24.0 Å². The lowest BCUT2D eigenvalue weighted by Crippen LogP contribution is -2.33. The van der Waals surface area contributed by atoms with Gasteiger partial charge in [0.25, 0.3) is 5.69 Å². The van der Waals surface area contributed by atoms with Gasteiger partial charge >= 0.3 is 0 Å². The van der Waals surface area contributed by atoms with Crippen molar-refractivity contribution in [2.75, 3.05) is 7.11 Å². The zero-order valence-electron chi connectivity index (χ0n) is 14.4. The molecule has 0 aromatic heterocycles. The van der Waals surface area contributed by atoms with Crippen molar-refractivity contribution in [1.82, 2.24) is 4.31 Å². The number of nitro benzene ring substituents is 1. The maximum atomic E-state index is 12.9. The van der Waals surface area contributed by atoms with E-state index in [9.17, 15) is 18.5 Å². The molecule has 1 aliphatic carbocycles. The number of hydrogen-bond donors (Lipinski definition) is 0. The SMILES string of the molecule is COc1ccc(CN(C2CC2)S(=O)(=O)Cc2ccc([N+](=O)[O-])cc2)cc1. The number of hydrogen-bond acceptors (Lipinski definition) is 5. The molecule has 0 amide bonds. The second kappa shape index (κ2) is 7.43. The molecule has 0 N–H and O–H groups in total. The summed E-state index contributed by atoms with van der Waals surface area (Å²) in [6.45, 7) is 0.309. The van der Waals surface area contributed by atoms with Gasteiger partial charge in [0.1, 0.15) is 5.75 Å². The Balaban J connectivity index is 1.76. The number of rotatable bonds is 8. The summed E-state index contributed by atoms with van der Waals surface area (Å²) in [6, 6.07) is 13.0. The number of nitrogens with zero attached hydrogens (tertiary/aromatic N) is 2. The van der Waals surface area contributed by atoms with Gasteiger partial charge in [-0.3, -0.25) is 10.1 Å². The summed E-state index contributed by atoms with van der Waals surface area (Å²) >= 11 is 0. The molecule has 0 atom stereocenters. The Kier molecular flexibility index (Phi) is 5.24. The number of non-ortho nitro benzene ring substituents is 1. The van der Waals surface area contributed by atoms with E-state index in [1.54, 1.807) is 7.11 Å². The lowest BCUT2D eigenvalue weighted by molar-refractivity contribution is -0.384. The molecule has 0 saturated heterocycles. The minimum atomic E-state index is -3.53. The summed E-state index contributed by atoms with van der Waals surface area (Å²) in [6.07, 6.45) is 1.71. The lowest BCUT2D eigenvalue weighted by atomic mass is 10.2. The minimum Gasteiger partial charge on any atom is -0.497 e. The second-order valence-corrected chi connectivity index (χ2v) is 8.23. The number of nitro groups is 1. The highest BCUT2D eigenvalue weighted by Crippen LogP contribution is 2.32. The predicted octanol–water partition coefficient (Wildman–Crippen LogP) is 3.10. The molecule has 3 rings (SSSR count). The zero-order chi connectivity index (χ0) is 18.7. The predicted molar refractivity (Wildman–Crippen MR) is 97.3 cm³/mol. The summed E-state index contributed by atoms with van der Waals surface area (Å²) in [4.78, 5) is 10.2. The molecular weight excluding hydrogens is 356 g/mol. The summed E-state index contributed by atoms with van der Waals surface area (Å²) in [5.41, 5.74) is 1.38. The highest BCUT2D eigenvalue weighted by atomic mass is 32.2. The quantitative estimate of drug-likeness (QED) is 0.522. The molecule has 0 spiro atoms. The van der Waals surface area contributed by atoms with Crippen LogP contribution in [0.2, 0.25) is 0 Å². The molecule has 26 heavy (non-hydrogen) atoms. The summed E-state index contributed by atoms with van der Waals surface area (Å²) in [7, 11) is -1.94. The zero-order valence-corrected chi connectivity index (χ0v) is 15.2. The van der Waals surface area contributed by atoms with E-state index in [0.29, 0.717) is 12.1 Å². The topological polar surface area (TPSA) is 89.8 Å². The van der Waals surface area contributed by atoms with Crippen LogP contribution in [0.25, 0.3) is 0 Å². The first-order valence-corrected chi connectivity index (χ1v) is 9.86. The minimum absolute atomic E-state index is 0.0279. The van der Waals surface area contributed by atoms with Crippen LogP contribution >= 0.6 is 0 Å². The van der Waals surface area contributed by atoms with Gasteiger partial charge in [-0.15, -0.1) is 0 Å². The van der Waals surface area contributed by atoms with Crippen molar-refractivity contribution in [1.29, 1.82) is 0 Å². The fraction of sp³-hybridized carbons (Fsp3) is 0.333. The molecule has 8 heteroatoms. The maximum Gasteiger partial charge on any atom is 0.269 e. The molecule has 0 heterocycles. The molecule has 1 saturated carbocycles. The van der Waals surface area contributed by atoms with E-state index >= 15 is 0 Å². The molecule has 2 aromatic rings. The van der Waals surface area contributed by atoms with Gasteiger partial charge in [-0.05, 0) is 36.1 Å². The Bertz CT molecular complexity index is 875. The fourth-order valence-corrected chi connectivity index (χ4v) is 4.53. The summed E-state index contributed by atoms with van der Waals surface area (Å²) in [5.74, 6) is 0.554. The normalized spacial score (nSPS) is 14.4. The number of ether oxygens (including phenoxy) is 1. The highest BCUT2D eigenvalue weighted by molar-refractivity contribution is 7.88. The van der Waals surface area contributed by atoms with Crippen molar-refractivity contribution >= 4 is 15.7 Å². The van der Waals surface area contributed by atoms with Crippen molar-refractivity contribution in [2.45, 2.75) is 31.2 Å². The fourth-order valence-electron chi connectivity index (χ4n) is 2.74. The van der Waals surface area contributed by atoms with Gasteiger partial charge in [-0.1, -0.05) is 24.3 Å². The van der Waals surface area contributed by atoms with E-state index in [2.05, 4.69) is 0 Å². The summed E-state index contributed by atoms with van der Waals surface area (Å²) < 4.78 is 32.5. The number of benzene rings is 2. The molecule has 0 unspecified atom stereocenters. The van der Waals surface area contributed by atoms with Gasteiger partial charge in [0, 0.05) is 24.7 Å². The summed E-state index contributed by atoms with van der Waals surface area (Å²) in [5, 5.41) is 10.7. The third-order valence-electron chi connectivity index (χ3n) is 4.31. The van der Waals surface area contributed by atoms with E-state index in [4.69, 9.17) is 4.74 Å². The van der Waals surface area contributed by atoms with E-state index in [1.165, 1.54) is 28.6 Å². The smallest absolute Gasteiger partial charge is 0.269 e. The molecular formula is C18H20N2O5S. The molecule has 0 bridgehead atoms. The van der Waals surface area contributed by atoms with Crippen LogP contribution in [0.4, 0.5) is 5.69 Å². The van der Waals surface area contributed by atoms with Crippen molar-refractivity contribution in [3.8, 4) is 5.75 Å². The monoisotopic (exact) mass is 376 g/mol. The third-order valence-corrected chi connectivity index (χ3v) is 6.15. The van der Waals surface area contributed by atoms with Crippen LogP contribution in [-0.4, -0.2) is 30.8 Å². The van der Waals surface area contributed by atoms with E-state index < -0.39 is 14.9 Å². The van der Waals surface area contributed by atoms with Crippen LogP contribution in [0.5, 0.6) is 5.75 Å². The van der Waals surface area contributed by atoms with Crippen LogP contribution in [-0.2, 0) is 22.3 Å². The van der Waals surface area contributed by atoms with Crippen molar-refractivity contribution < 1.29 is 18.1 Å². The van der Waals surface area contributed by atoms with Gasteiger partial charge in [0.05, 0.1) is 17.8 Å². The van der Waals surface area contributed by atoms with Crippen molar-refractivity contribution in [3.63, 3.8) is 0 Å². The van der Waals surface area contributed by atoms with Gasteiger partial charge in [0.15, 0.2) is 0 Å². The lowest BCUT2D eigenvalue weighted by Gasteiger charge is -2.22. The maximum absolute atomic E-state index is 12.9. The number of sulfonamides is 1. The first kappa shape index (κ1) is 18.3. The van der Waals surface area contributed by atoms with Crippen molar-refractivity contribution in [3.05, 3.63) is 69.8 Å². The second-order valence-electron chi connectivity index (χ2n) is 6.30. The van der Waals surface area contributed by atoms with E-state index in [-0.39, 0.29) is 17.5 Å². The Morgan fingerprint density at radius 2 is 1.65 bits per heavy atom. The van der Waals surface area contributed by atoms with Gasteiger partial charge < -0.3 is 4.74 Å². The van der Waals surface area contributed by atoms with Gasteiger partial charge in [0.2, 0.25) is 10.0 Å². The Labute approximate surface area is 152 Å². The van der Waals surface area contributed by atoms with E-state index in [0.717, 1.165) is 24.2 Å². The first-order chi connectivity index (χ1) is 12.4.